The molecule has 1 saturated carbocycles. The fourth-order valence-corrected chi connectivity index (χ4v) is 3.18. The third-order valence-corrected chi connectivity index (χ3v) is 4.00. The van der Waals surface area contributed by atoms with Crippen molar-refractivity contribution in [1.82, 2.24) is 15.1 Å². The Bertz CT molecular complexity index is 428. The molecule has 17 heavy (non-hydrogen) atoms. The van der Waals surface area contributed by atoms with E-state index >= 15 is 0 Å². The normalized spacial score (nSPS) is 31.5. The molecule has 3 rings (SSSR count). The lowest BCUT2D eigenvalue weighted by Crippen LogP contribution is -2.39. The summed E-state index contributed by atoms with van der Waals surface area (Å²) in [5.74, 6) is 1.33. The predicted octanol–water partition coefficient (Wildman–Crippen LogP) is 0.747. The molecule has 0 bridgehead atoms. The zero-order valence-corrected chi connectivity index (χ0v) is 10.0. The highest BCUT2D eigenvalue weighted by molar-refractivity contribution is 5.95. The lowest BCUT2D eigenvalue weighted by molar-refractivity contribution is -0.118. The average molecular weight is 234 g/mol. The van der Waals surface area contributed by atoms with Gasteiger partial charge in [-0.3, -0.25) is 9.48 Å². The lowest BCUT2D eigenvalue weighted by Gasteiger charge is -2.16. The average Bonchev–Trinajstić information content (AvgIpc) is 2.93. The first-order valence-corrected chi connectivity index (χ1v) is 6.27. The monoisotopic (exact) mass is 234 g/mol. The topological polar surface area (TPSA) is 59.0 Å². The molecule has 1 amide bonds. The van der Waals surface area contributed by atoms with E-state index in [4.69, 9.17) is 0 Å². The summed E-state index contributed by atoms with van der Waals surface area (Å²) >= 11 is 0. The minimum atomic E-state index is -0.0114. The number of rotatable bonds is 2. The molecule has 5 nitrogen and oxygen atoms in total. The zero-order chi connectivity index (χ0) is 11.8. The van der Waals surface area contributed by atoms with E-state index in [1.165, 1.54) is 19.3 Å². The van der Waals surface area contributed by atoms with Crippen molar-refractivity contribution >= 4 is 11.6 Å². The summed E-state index contributed by atoms with van der Waals surface area (Å²) in [5, 5.41) is 10.3. The Morgan fingerprint density at radius 3 is 3.24 bits per heavy atom. The molecular formula is C12H18N4O. The van der Waals surface area contributed by atoms with Crippen molar-refractivity contribution in [3.63, 3.8) is 0 Å². The van der Waals surface area contributed by atoms with E-state index in [2.05, 4.69) is 15.7 Å². The SMILES string of the molecule is Cn1cc(NC(=O)C2NCC3CCCC32)cn1. The fraction of sp³-hybridized carbons (Fsp3) is 0.667. The second-order valence-corrected chi connectivity index (χ2v) is 5.13. The Kier molecular flexibility index (Phi) is 2.63. The number of carbonyl (C=O) groups excluding carboxylic acids is 1. The van der Waals surface area contributed by atoms with Gasteiger partial charge in [0.2, 0.25) is 5.91 Å². The van der Waals surface area contributed by atoms with Gasteiger partial charge in [0.1, 0.15) is 0 Å². The molecule has 1 saturated heterocycles. The molecule has 1 aliphatic heterocycles. The maximum atomic E-state index is 12.2. The Balaban J connectivity index is 1.66. The van der Waals surface area contributed by atoms with E-state index in [0.717, 1.165) is 12.2 Å². The molecule has 2 N–H and O–H groups in total. The van der Waals surface area contributed by atoms with Gasteiger partial charge in [-0.1, -0.05) is 6.42 Å². The molecular weight excluding hydrogens is 216 g/mol. The third kappa shape index (κ3) is 1.95. The second kappa shape index (κ2) is 4.14. The van der Waals surface area contributed by atoms with Crippen molar-refractivity contribution < 1.29 is 4.79 Å². The number of nitrogens with zero attached hydrogens (tertiary/aromatic N) is 2. The van der Waals surface area contributed by atoms with Crippen LogP contribution in [0, 0.1) is 11.8 Å². The fourth-order valence-electron chi connectivity index (χ4n) is 3.18. The summed E-state index contributed by atoms with van der Waals surface area (Å²) in [5.41, 5.74) is 0.778. The Labute approximate surface area is 101 Å². The Hall–Kier alpha value is -1.36. The number of nitrogens with one attached hydrogen (secondary N) is 2. The van der Waals surface area contributed by atoms with E-state index in [0.29, 0.717) is 11.8 Å². The second-order valence-electron chi connectivity index (χ2n) is 5.13. The Morgan fingerprint density at radius 1 is 1.59 bits per heavy atom. The molecule has 2 fully saturated rings. The van der Waals surface area contributed by atoms with Gasteiger partial charge in [-0.05, 0) is 31.2 Å². The first-order valence-electron chi connectivity index (χ1n) is 6.27. The molecule has 0 aromatic carbocycles. The molecule has 0 spiro atoms. The van der Waals surface area contributed by atoms with Crippen molar-refractivity contribution in [3.05, 3.63) is 12.4 Å². The number of aromatic nitrogens is 2. The smallest absolute Gasteiger partial charge is 0.241 e. The number of amides is 1. The summed E-state index contributed by atoms with van der Waals surface area (Å²) in [4.78, 5) is 12.2. The lowest BCUT2D eigenvalue weighted by atomic mass is 9.93. The highest BCUT2D eigenvalue weighted by Crippen LogP contribution is 2.37. The predicted molar refractivity (Wildman–Crippen MR) is 64.5 cm³/mol. The maximum absolute atomic E-state index is 12.2. The van der Waals surface area contributed by atoms with Gasteiger partial charge in [-0.25, -0.2) is 0 Å². The minimum absolute atomic E-state index is 0.0114. The highest BCUT2D eigenvalue weighted by atomic mass is 16.2. The van der Waals surface area contributed by atoms with Gasteiger partial charge in [-0.2, -0.15) is 5.10 Å². The standard InChI is InChI=1S/C12H18N4O/c1-16-7-9(6-14-16)15-12(17)11-10-4-2-3-8(10)5-13-11/h6-8,10-11,13H,2-5H2,1H3,(H,15,17). The Morgan fingerprint density at radius 2 is 2.47 bits per heavy atom. The first-order chi connectivity index (χ1) is 8.24. The van der Waals surface area contributed by atoms with Crippen molar-refractivity contribution in [2.75, 3.05) is 11.9 Å². The van der Waals surface area contributed by atoms with Crippen molar-refractivity contribution in [3.8, 4) is 0 Å². The van der Waals surface area contributed by atoms with E-state index < -0.39 is 0 Å². The van der Waals surface area contributed by atoms with E-state index in [-0.39, 0.29) is 11.9 Å². The molecule has 1 aromatic heterocycles. The van der Waals surface area contributed by atoms with Crippen molar-refractivity contribution in [2.24, 2.45) is 18.9 Å². The maximum Gasteiger partial charge on any atom is 0.241 e. The molecule has 1 aromatic rings. The number of aryl methyl sites for hydroxylation is 1. The summed E-state index contributed by atoms with van der Waals surface area (Å²) in [7, 11) is 1.84. The van der Waals surface area contributed by atoms with Crippen LogP contribution < -0.4 is 10.6 Å². The van der Waals surface area contributed by atoms with Gasteiger partial charge in [0.15, 0.2) is 0 Å². The molecule has 2 aliphatic rings. The molecule has 2 heterocycles. The van der Waals surface area contributed by atoms with Crippen LogP contribution in [0.25, 0.3) is 0 Å². The number of anilines is 1. The van der Waals surface area contributed by atoms with Crippen LogP contribution in [-0.4, -0.2) is 28.3 Å². The van der Waals surface area contributed by atoms with Crippen molar-refractivity contribution in [2.45, 2.75) is 25.3 Å². The third-order valence-electron chi connectivity index (χ3n) is 4.00. The summed E-state index contributed by atoms with van der Waals surface area (Å²) in [6.07, 6.45) is 7.22. The van der Waals surface area contributed by atoms with E-state index in [1.54, 1.807) is 10.9 Å². The molecule has 3 atom stereocenters. The van der Waals surface area contributed by atoms with Gasteiger partial charge in [0.25, 0.3) is 0 Å². The van der Waals surface area contributed by atoms with Gasteiger partial charge in [0, 0.05) is 13.2 Å². The van der Waals surface area contributed by atoms with Crippen LogP contribution in [0.5, 0.6) is 0 Å². The number of hydrogen-bond acceptors (Lipinski definition) is 3. The summed E-state index contributed by atoms with van der Waals surface area (Å²) in [6.45, 7) is 0.996. The molecule has 5 heteroatoms. The molecule has 3 unspecified atom stereocenters. The zero-order valence-electron chi connectivity index (χ0n) is 10.0. The summed E-state index contributed by atoms with van der Waals surface area (Å²) in [6, 6.07) is -0.0114. The van der Waals surface area contributed by atoms with Crippen LogP contribution in [-0.2, 0) is 11.8 Å². The molecule has 0 radical (unpaired) electrons. The van der Waals surface area contributed by atoms with Crippen LogP contribution in [0.1, 0.15) is 19.3 Å². The highest BCUT2D eigenvalue weighted by Gasteiger charge is 2.42. The van der Waals surface area contributed by atoms with Crippen LogP contribution >= 0.6 is 0 Å². The number of hydrogen-bond donors (Lipinski definition) is 2. The van der Waals surface area contributed by atoms with E-state index in [9.17, 15) is 4.79 Å². The van der Waals surface area contributed by atoms with Crippen LogP contribution in [0.15, 0.2) is 12.4 Å². The number of carbonyl (C=O) groups is 1. The van der Waals surface area contributed by atoms with Gasteiger partial charge in [0.05, 0.1) is 17.9 Å². The van der Waals surface area contributed by atoms with Gasteiger partial charge in [-0.15, -0.1) is 0 Å². The minimum Gasteiger partial charge on any atom is -0.322 e. The van der Waals surface area contributed by atoms with Gasteiger partial charge < -0.3 is 10.6 Å². The first kappa shape index (κ1) is 10.8. The molecule has 92 valence electrons. The van der Waals surface area contributed by atoms with Crippen LogP contribution in [0.2, 0.25) is 0 Å². The number of fused-ring (bicyclic) bond motifs is 1. The molecule has 1 aliphatic carbocycles. The summed E-state index contributed by atoms with van der Waals surface area (Å²) < 4.78 is 1.69. The largest absolute Gasteiger partial charge is 0.322 e. The quantitative estimate of drug-likeness (QED) is 0.793. The van der Waals surface area contributed by atoms with Gasteiger partial charge >= 0.3 is 0 Å². The van der Waals surface area contributed by atoms with Crippen LogP contribution in [0.3, 0.4) is 0 Å². The van der Waals surface area contributed by atoms with Crippen molar-refractivity contribution in [1.29, 1.82) is 0 Å². The van der Waals surface area contributed by atoms with Crippen LogP contribution in [0.4, 0.5) is 5.69 Å². The van der Waals surface area contributed by atoms with E-state index in [1.807, 2.05) is 13.2 Å².